The average molecular weight is 704 g/mol. The zero-order valence-corrected chi connectivity index (χ0v) is 28.9. The molecule has 4 aliphatic rings. The van der Waals surface area contributed by atoms with Crippen LogP contribution in [-0.4, -0.2) is 59.0 Å². The fourth-order valence-electron chi connectivity index (χ4n) is 7.60. The van der Waals surface area contributed by atoms with Crippen LogP contribution in [0.25, 0.3) is 0 Å². The highest BCUT2D eigenvalue weighted by Gasteiger charge is 2.44. The molecule has 9 heteroatoms. The van der Waals surface area contributed by atoms with Crippen molar-refractivity contribution < 1.29 is 18.5 Å². The molecule has 1 amide bonds. The molecule has 6 nitrogen and oxygen atoms in total. The van der Waals surface area contributed by atoms with Crippen molar-refractivity contribution in [2.45, 2.75) is 69.1 Å². The molecule has 44 heavy (non-hydrogen) atoms. The lowest BCUT2D eigenvalue weighted by molar-refractivity contribution is -0.00729. The zero-order chi connectivity index (χ0) is 31.1. The summed E-state index contributed by atoms with van der Waals surface area (Å²) in [5, 5.41) is 1.25. The topological polar surface area (TPSA) is 67.9 Å². The summed E-state index contributed by atoms with van der Waals surface area (Å²) < 4.78 is 29.6. The van der Waals surface area contributed by atoms with Gasteiger partial charge in [-0.25, -0.2) is 4.21 Å². The van der Waals surface area contributed by atoms with E-state index in [1.54, 1.807) is 6.07 Å². The van der Waals surface area contributed by atoms with Crippen LogP contribution in [0.15, 0.2) is 48.6 Å². The Morgan fingerprint density at radius 1 is 1.23 bits per heavy atom. The van der Waals surface area contributed by atoms with Gasteiger partial charge in [-0.3, -0.25) is 9.52 Å². The molecule has 6 rings (SSSR count). The van der Waals surface area contributed by atoms with Crippen LogP contribution < -0.4 is 14.4 Å². The Morgan fingerprint density at radius 3 is 2.84 bits per heavy atom. The molecular weight excluding hydrogens is 660 g/mol. The second-order valence-corrected chi connectivity index (χ2v) is 16.9. The number of nitrogens with one attached hydrogen (secondary N) is 1. The number of halogens is 2. The quantitative estimate of drug-likeness (QED) is 0.213. The van der Waals surface area contributed by atoms with Gasteiger partial charge in [0, 0.05) is 39.7 Å². The summed E-state index contributed by atoms with van der Waals surface area (Å²) in [6.07, 6.45) is 10.5. The van der Waals surface area contributed by atoms with Gasteiger partial charge in [0.05, 0.1) is 34.7 Å². The summed E-state index contributed by atoms with van der Waals surface area (Å²) in [6, 6.07) is 11.9. The van der Waals surface area contributed by atoms with Crippen LogP contribution in [0.5, 0.6) is 5.75 Å². The fraction of sp³-hybridized carbons (Fsp3) is 0.543. The molecular formula is C35H44BrClN2O4S. The molecule has 1 N–H and O–H groups in total. The van der Waals surface area contributed by atoms with Gasteiger partial charge in [0.1, 0.15) is 5.75 Å². The highest BCUT2D eigenvalue weighted by Crippen LogP contribution is 2.47. The van der Waals surface area contributed by atoms with Crippen LogP contribution >= 0.6 is 27.5 Å². The molecule has 238 valence electrons. The van der Waals surface area contributed by atoms with Crippen LogP contribution in [0, 0.1) is 17.8 Å². The average Bonchev–Trinajstić information content (AvgIpc) is 3.13. The number of alkyl halides is 1. The third-order valence-corrected chi connectivity index (χ3v) is 13.3. The smallest absolute Gasteiger partial charge is 0.262 e. The van der Waals surface area contributed by atoms with Crippen molar-refractivity contribution in [2.75, 3.05) is 36.5 Å². The molecule has 1 saturated carbocycles. The standard InChI is InChI=1S/C35H44BrClN2O4S/c1-23-6-4-8-32(42-17-16-36)29-12-9-27(29)20-39-21-35(15-5-7-25-18-28(37)11-13-30(25)35)22-43-33-14-10-26(19-31(33)39)34(40)38-44(3,41)24(23)2/h4,8,10-11,13-14,18-19,23-24,27,29,32H,3,5-7,9,12,15-17,20-22H2,1-2H3,(H,38,40,41)/b8-4+/t23-,24+,27-,29+,32-,35-,44?/m0/s1. The molecule has 2 bridgehead atoms. The molecule has 2 aliphatic carbocycles. The predicted octanol–water partition coefficient (Wildman–Crippen LogP) is 6.97. The molecule has 0 radical (unpaired) electrons. The largest absolute Gasteiger partial charge is 0.490 e. The normalized spacial score (nSPS) is 34.5. The van der Waals surface area contributed by atoms with Gasteiger partial charge in [-0.2, -0.15) is 0 Å². The molecule has 0 saturated heterocycles. The Hall–Kier alpha value is -2.00. The van der Waals surface area contributed by atoms with E-state index in [2.05, 4.69) is 62.6 Å². The molecule has 2 aromatic carbocycles. The van der Waals surface area contributed by atoms with Crippen LogP contribution in [-0.2, 0) is 26.3 Å². The predicted molar refractivity (Wildman–Crippen MR) is 185 cm³/mol. The van der Waals surface area contributed by atoms with Crippen molar-refractivity contribution in [3.05, 3.63) is 70.3 Å². The second kappa shape index (κ2) is 13.0. The number of fused-ring (bicyclic) bond motifs is 4. The third-order valence-electron chi connectivity index (χ3n) is 10.5. The monoisotopic (exact) mass is 702 g/mol. The highest BCUT2D eigenvalue weighted by molar-refractivity contribution is 9.09. The van der Waals surface area contributed by atoms with Gasteiger partial charge < -0.3 is 14.4 Å². The van der Waals surface area contributed by atoms with Crippen LogP contribution in [0.2, 0.25) is 5.02 Å². The first-order valence-corrected chi connectivity index (χ1v) is 19.2. The molecule has 1 spiro atoms. The van der Waals surface area contributed by atoms with Gasteiger partial charge in [0.15, 0.2) is 0 Å². The number of ether oxygens (including phenoxy) is 2. The van der Waals surface area contributed by atoms with Gasteiger partial charge in [-0.1, -0.05) is 52.7 Å². The number of rotatable bonds is 3. The lowest BCUT2D eigenvalue weighted by Crippen LogP contribution is -2.49. The van der Waals surface area contributed by atoms with Crippen molar-refractivity contribution in [1.82, 2.24) is 4.72 Å². The molecule has 1 fully saturated rings. The third kappa shape index (κ3) is 6.33. The Kier molecular flexibility index (Phi) is 9.45. The summed E-state index contributed by atoms with van der Waals surface area (Å²) in [5.41, 5.74) is 3.81. The number of allylic oxidation sites excluding steroid dienone is 1. The Bertz CT molecular complexity index is 1530. The minimum atomic E-state index is -2.90. The molecule has 1 unspecified atom stereocenters. The summed E-state index contributed by atoms with van der Waals surface area (Å²) in [4.78, 5) is 16.0. The minimum absolute atomic E-state index is 0.0195. The number of hydrogen-bond donors (Lipinski definition) is 1. The molecule has 7 atom stereocenters. The first-order valence-electron chi connectivity index (χ1n) is 15.9. The first-order chi connectivity index (χ1) is 21.1. The summed E-state index contributed by atoms with van der Waals surface area (Å²) in [6.45, 7) is 6.83. The number of anilines is 1. The summed E-state index contributed by atoms with van der Waals surface area (Å²) in [5.74, 6) is 5.32. The minimum Gasteiger partial charge on any atom is -0.490 e. The van der Waals surface area contributed by atoms with E-state index in [4.69, 9.17) is 21.1 Å². The highest BCUT2D eigenvalue weighted by atomic mass is 79.9. The first kappa shape index (κ1) is 32.0. The maximum absolute atomic E-state index is 13.7. The Balaban J connectivity index is 1.42. The van der Waals surface area contributed by atoms with Crippen LogP contribution in [0.4, 0.5) is 5.69 Å². The SMILES string of the molecule is C=S1(=O)NC(=O)c2ccc3c(c2)N(C[C@@H]2CC[C@H]2[C@@H](OCCBr)/C=C/C[C@H](C)[C@H]1C)C[C@@]1(CCCc2cc(Cl)ccc21)CO3. The van der Waals surface area contributed by atoms with E-state index >= 15 is 0 Å². The summed E-state index contributed by atoms with van der Waals surface area (Å²) in [7, 11) is -2.90. The number of hydrogen-bond acceptors (Lipinski definition) is 5. The van der Waals surface area contributed by atoms with Crippen LogP contribution in [0.3, 0.4) is 0 Å². The number of amides is 1. The lowest BCUT2D eigenvalue weighted by atomic mass is 9.68. The van der Waals surface area contributed by atoms with Gasteiger partial charge in [-0.15, -0.1) is 0 Å². The maximum Gasteiger partial charge on any atom is 0.262 e. The van der Waals surface area contributed by atoms with Crippen molar-refractivity contribution in [2.24, 2.45) is 17.8 Å². The lowest BCUT2D eigenvalue weighted by Gasteiger charge is -2.46. The van der Waals surface area contributed by atoms with Gasteiger partial charge in [-0.05, 0) is 111 Å². The van der Waals surface area contributed by atoms with Gasteiger partial charge in [0.2, 0.25) is 0 Å². The Morgan fingerprint density at radius 2 is 2.07 bits per heavy atom. The van der Waals surface area contributed by atoms with E-state index in [0.29, 0.717) is 30.6 Å². The zero-order valence-electron chi connectivity index (χ0n) is 25.7. The van der Waals surface area contributed by atoms with E-state index in [-0.39, 0.29) is 28.6 Å². The molecule has 2 aromatic rings. The van der Waals surface area contributed by atoms with Crippen molar-refractivity contribution in [3.63, 3.8) is 0 Å². The molecule has 2 aliphatic heterocycles. The molecule has 2 heterocycles. The molecule has 0 aromatic heterocycles. The number of aryl methyl sites for hydroxylation is 1. The van der Waals surface area contributed by atoms with Gasteiger partial charge >= 0.3 is 0 Å². The number of benzene rings is 2. The number of nitrogens with zero attached hydrogens (tertiary/aromatic N) is 1. The van der Waals surface area contributed by atoms with Gasteiger partial charge in [0.25, 0.3) is 5.91 Å². The number of carbonyl (C=O) groups excluding carboxylic acids is 1. The van der Waals surface area contributed by atoms with Crippen molar-refractivity contribution >= 4 is 54.7 Å². The van der Waals surface area contributed by atoms with E-state index in [0.717, 1.165) is 73.4 Å². The van der Waals surface area contributed by atoms with Crippen molar-refractivity contribution in [1.29, 1.82) is 0 Å². The van der Waals surface area contributed by atoms with E-state index in [1.165, 1.54) is 11.1 Å². The van der Waals surface area contributed by atoms with E-state index < -0.39 is 9.71 Å². The Labute approximate surface area is 276 Å². The maximum atomic E-state index is 13.7. The number of carbonyl (C=O) groups is 1. The summed E-state index contributed by atoms with van der Waals surface area (Å²) >= 11 is 9.98. The fourth-order valence-corrected chi connectivity index (χ4v) is 9.46. The van der Waals surface area contributed by atoms with Crippen LogP contribution in [0.1, 0.15) is 67.4 Å². The second-order valence-electron chi connectivity index (χ2n) is 13.3. The van der Waals surface area contributed by atoms with E-state index in [9.17, 15) is 9.00 Å². The van der Waals surface area contributed by atoms with Crippen molar-refractivity contribution in [3.8, 4) is 5.75 Å². The van der Waals surface area contributed by atoms with E-state index in [1.807, 2.05) is 25.1 Å².